The van der Waals surface area contributed by atoms with Crippen LogP contribution in [0, 0.1) is 0 Å². The molecule has 0 bridgehead atoms. The number of ether oxygens (including phenoxy) is 2. The van der Waals surface area contributed by atoms with Gasteiger partial charge in [0.15, 0.2) is 0 Å². The molecule has 172 valence electrons. The molecule has 0 aliphatic rings. The van der Waals surface area contributed by atoms with Crippen LogP contribution in [0.25, 0.3) is 0 Å². The summed E-state index contributed by atoms with van der Waals surface area (Å²) >= 11 is 0. The number of sulfonamides is 1. The van der Waals surface area contributed by atoms with Crippen LogP contribution in [0.2, 0.25) is 0 Å². The average molecular weight is 464 g/mol. The first-order valence-electron chi connectivity index (χ1n) is 9.84. The highest BCUT2D eigenvalue weighted by Gasteiger charge is 2.21. The summed E-state index contributed by atoms with van der Waals surface area (Å²) in [5.74, 6) is -2.06. The first-order valence-corrected chi connectivity index (χ1v) is 11.3. The highest BCUT2D eigenvalue weighted by molar-refractivity contribution is 7.90. The van der Waals surface area contributed by atoms with Crippen LogP contribution in [0.15, 0.2) is 47.5 Å². The van der Waals surface area contributed by atoms with Crippen molar-refractivity contribution < 1.29 is 32.3 Å². The third-order valence-corrected chi connectivity index (χ3v) is 5.28. The predicted molar refractivity (Wildman–Crippen MR) is 115 cm³/mol. The molecule has 2 aromatic rings. The Balaban J connectivity index is 2.08. The second-order valence-corrected chi connectivity index (χ2v) is 8.48. The number of amides is 2. The summed E-state index contributed by atoms with van der Waals surface area (Å²) in [6.07, 6.45) is 0.740. The molecule has 2 amide bonds. The number of nitrogens with one attached hydrogen (secondary N) is 2. The second-order valence-electron chi connectivity index (χ2n) is 6.80. The molecule has 1 aromatic heterocycles. The molecule has 2 N–H and O–H groups in total. The van der Waals surface area contributed by atoms with Gasteiger partial charge in [-0.15, -0.1) is 0 Å². The van der Waals surface area contributed by atoms with Crippen LogP contribution in [0.1, 0.15) is 52.0 Å². The lowest BCUT2D eigenvalue weighted by Crippen LogP contribution is -2.31. The van der Waals surface area contributed by atoms with Gasteiger partial charge >= 0.3 is 5.97 Å². The van der Waals surface area contributed by atoms with E-state index in [1.165, 1.54) is 30.3 Å². The largest absolute Gasteiger partial charge is 0.458 e. The minimum Gasteiger partial charge on any atom is -0.458 e. The molecule has 10 nitrogen and oxygen atoms in total. The topological polar surface area (TPSA) is 141 Å². The monoisotopic (exact) mass is 463 g/mol. The lowest BCUT2D eigenvalue weighted by Gasteiger charge is -2.10. The molecule has 0 spiro atoms. The van der Waals surface area contributed by atoms with Gasteiger partial charge in [0.05, 0.1) is 23.2 Å². The van der Waals surface area contributed by atoms with E-state index in [1.54, 1.807) is 13.8 Å². The number of hydrogen-bond acceptors (Lipinski definition) is 8. The molecule has 1 aromatic carbocycles. The first kappa shape index (κ1) is 25.0. The van der Waals surface area contributed by atoms with E-state index in [9.17, 15) is 22.8 Å². The summed E-state index contributed by atoms with van der Waals surface area (Å²) in [4.78, 5) is 40.0. The fraction of sp³-hybridized carbons (Fsp3) is 0.333. The van der Waals surface area contributed by atoms with E-state index in [2.05, 4.69) is 10.3 Å². The molecule has 0 radical (unpaired) electrons. The maximum Gasteiger partial charge on any atom is 0.357 e. The summed E-state index contributed by atoms with van der Waals surface area (Å²) < 4.78 is 37.3. The smallest absolute Gasteiger partial charge is 0.357 e. The number of pyridine rings is 1. The van der Waals surface area contributed by atoms with Crippen LogP contribution in [0.5, 0.6) is 0 Å². The zero-order chi connectivity index (χ0) is 23.7. The molecular weight excluding hydrogens is 438 g/mol. The van der Waals surface area contributed by atoms with E-state index in [1.807, 2.05) is 11.6 Å². The summed E-state index contributed by atoms with van der Waals surface area (Å²) in [5, 5.41) is 2.61. The van der Waals surface area contributed by atoms with Gasteiger partial charge in [-0.05, 0) is 51.1 Å². The normalized spacial score (nSPS) is 11.1. The lowest BCUT2D eigenvalue weighted by molar-refractivity contribution is 0.0370. The Kier molecular flexibility index (Phi) is 8.85. The van der Waals surface area contributed by atoms with Crippen LogP contribution in [0.3, 0.4) is 0 Å². The third kappa shape index (κ3) is 7.13. The van der Waals surface area contributed by atoms with Gasteiger partial charge in [0.2, 0.25) is 0 Å². The summed E-state index contributed by atoms with van der Waals surface area (Å²) in [5.41, 5.74) is 0.0344. The van der Waals surface area contributed by atoms with Crippen LogP contribution in [0.4, 0.5) is 0 Å². The van der Waals surface area contributed by atoms with Crippen molar-refractivity contribution in [3.8, 4) is 0 Å². The average Bonchev–Trinajstić information content (AvgIpc) is 2.76. The van der Waals surface area contributed by atoms with Gasteiger partial charge in [-0.1, -0.05) is 6.07 Å². The lowest BCUT2D eigenvalue weighted by atomic mass is 10.2. The minimum absolute atomic E-state index is 0.0128. The molecule has 0 unspecified atom stereocenters. The van der Waals surface area contributed by atoms with Crippen molar-refractivity contribution in [1.82, 2.24) is 15.0 Å². The Morgan fingerprint density at radius 2 is 1.81 bits per heavy atom. The maximum atomic E-state index is 12.6. The molecule has 0 aliphatic heterocycles. The van der Waals surface area contributed by atoms with E-state index in [4.69, 9.17) is 9.47 Å². The van der Waals surface area contributed by atoms with Crippen molar-refractivity contribution in [3.63, 3.8) is 0 Å². The van der Waals surface area contributed by atoms with E-state index in [0.29, 0.717) is 13.2 Å². The van der Waals surface area contributed by atoms with E-state index in [0.717, 1.165) is 12.3 Å². The Labute approximate surface area is 186 Å². The predicted octanol–water partition coefficient (Wildman–Crippen LogP) is 1.53. The highest BCUT2D eigenvalue weighted by Crippen LogP contribution is 2.13. The van der Waals surface area contributed by atoms with Gasteiger partial charge in [0.25, 0.3) is 21.8 Å². The summed E-state index contributed by atoms with van der Waals surface area (Å²) in [6, 6.07) is 7.80. The van der Waals surface area contributed by atoms with Crippen LogP contribution in [-0.4, -0.2) is 57.0 Å². The quantitative estimate of drug-likeness (QED) is 0.399. The van der Waals surface area contributed by atoms with E-state index >= 15 is 0 Å². The van der Waals surface area contributed by atoms with Gasteiger partial charge in [-0.25, -0.2) is 22.9 Å². The van der Waals surface area contributed by atoms with Crippen molar-refractivity contribution in [1.29, 1.82) is 0 Å². The number of carbonyl (C=O) groups excluding carboxylic acids is 3. The van der Waals surface area contributed by atoms with Crippen molar-refractivity contribution in [3.05, 3.63) is 59.4 Å². The van der Waals surface area contributed by atoms with Crippen molar-refractivity contribution >= 4 is 27.8 Å². The number of aromatic nitrogens is 1. The molecule has 11 heteroatoms. The summed E-state index contributed by atoms with van der Waals surface area (Å²) in [7, 11) is -4.26. The molecule has 0 atom stereocenters. The molecule has 0 fully saturated rings. The fourth-order valence-corrected chi connectivity index (χ4v) is 3.47. The molecular formula is C21H25N3O7S. The number of benzene rings is 1. The van der Waals surface area contributed by atoms with Gasteiger partial charge in [0, 0.05) is 24.9 Å². The van der Waals surface area contributed by atoms with Crippen molar-refractivity contribution in [2.75, 3.05) is 19.8 Å². The van der Waals surface area contributed by atoms with Crippen molar-refractivity contribution in [2.45, 2.75) is 31.8 Å². The Morgan fingerprint density at radius 3 is 2.44 bits per heavy atom. The van der Waals surface area contributed by atoms with E-state index < -0.39 is 27.8 Å². The number of rotatable bonds is 10. The second kappa shape index (κ2) is 11.3. The molecule has 0 saturated heterocycles. The number of hydrogen-bond donors (Lipinski definition) is 2. The van der Waals surface area contributed by atoms with Crippen LogP contribution in [-0.2, 0) is 19.5 Å². The minimum atomic E-state index is -4.26. The molecule has 0 aliphatic carbocycles. The Morgan fingerprint density at radius 1 is 1.06 bits per heavy atom. The maximum absolute atomic E-state index is 12.6. The number of esters is 1. The van der Waals surface area contributed by atoms with Crippen LogP contribution >= 0.6 is 0 Å². The van der Waals surface area contributed by atoms with Crippen LogP contribution < -0.4 is 10.0 Å². The van der Waals surface area contributed by atoms with E-state index in [-0.39, 0.29) is 34.4 Å². The highest BCUT2D eigenvalue weighted by atomic mass is 32.2. The SMILES string of the molecule is CCOCCNC(=O)c1cccc(S(=O)(=O)NC(=O)c2ccc(C(=O)OC(C)C)nc2)c1. The molecule has 2 rings (SSSR count). The Bertz CT molecular complexity index is 1070. The first-order chi connectivity index (χ1) is 15.1. The molecule has 1 heterocycles. The molecule has 0 saturated carbocycles. The van der Waals surface area contributed by atoms with Gasteiger partial charge in [0.1, 0.15) is 5.69 Å². The number of nitrogens with zero attached hydrogens (tertiary/aromatic N) is 1. The standard InChI is InChI=1S/C21H25N3O7S/c1-4-30-11-10-22-19(25)15-6-5-7-17(12-15)32(28,29)24-20(26)16-8-9-18(23-13-16)21(27)31-14(2)3/h5-9,12-14H,4,10-11H2,1-3H3,(H,22,25)(H,24,26). The molecule has 32 heavy (non-hydrogen) atoms. The van der Waals surface area contributed by atoms with Gasteiger partial charge < -0.3 is 14.8 Å². The van der Waals surface area contributed by atoms with Gasteiger partial charge in [-0.3, -0.25) is 9.59 Å². The Hall–Kier alpha value is -3.31. The zero-order valence-corrected chi connectivity index (χ0v) is 18.8. The van der Waals surface area contributed by atoms with Gasteiger partial charge in [-0.2, -0.15) is 0 Å². The fourth-order valence-electron chi connectivity index (χ4n) is 2.45. The van der Waals surface area contributed by atoms with Crippen molar-refractivity contribution in [2.24, 2.45) is 0 Å². The summed E-state index contributed by atoms with van der Waals surface area (Å²) in [6.45, 7) is 6.32. The number of carbonyl (C=O) groups is 3. The zero-order valence-electron chi connectivity index (χ0n) is 18.0. The third-order valence-electron chi connectivity index (χ3n) is 3.95.